The van der Waals surface area contributed by atoms with Gasteiger partial charge in [-0.3, -0.25) is 4.79 Å². The molecule has 180 valence electrons. The molecule has 0 bridgehead atoms. The van der Waals surface area contributed by atoms with E-state index in [9.17, 15) is 4.79 Å². The standard InChI is InChI=1S/C28H30N4O3/c1-20(2)17-35-28-30-27(25-12-8-7-9-21(25)3)32(31-28)24-15-13-23(14-16-24)29-26(33)19-34-18-22-10-5-4-6-11-22/h4-16,20H,17-19H2,1-3H3,(H,29,33). The maximum absolute atomic E-state index is 12.3. The van der Waals surface area contributed by atoms with E-state index in [2.05, 4.69) is 29.2 Å². The lowest BCUT2D eigenvalue weighted by Crippen LogP contribution is -2.18. The third-order valence-electron chi connectivity index (χ3n) is 5.26. The highest BCUT2D eigenvalue weighted by Crippen LogP contribution is 2.27. The highest BCUT2D eigenvalue weighted by Gasteiger charge is 2.17. The van der Waals surface area contributed by atoms with Gasteiger partial charge in [-0.25, -0.2) is 4.68 Å². The minimum Gasteiger partial charge on any atom is -0.462 e. The first-order chi connectivity index (χ1) is 17.0. The number of amides is 1. The Hall–Kier alpha value is -3.97. The Balaban J connectivity index is 1.46. The Bertz CT molecular complexity index is 1250. The summed E-state index contributed by atoms with van der Waals surface area (Å²) in [6.07, 6.45) is 0. The second-order valence-corrected chi connectivity index (χ2v) is 8.72. The van der Waals surface area contributed by atoms with E-state index in [0.29, 0.717) is 36.7 Å². The molecule has 1 heterocycles. The number of nitrogens with zero attached hydrogens (tertiary/aromatic N) is 3. The molecule has 35 heavy (non-hydrogen) atoms. The van der Waals surface area contributed by atoms with Crippen molar-refractivity contribution in [2.75, 3.05) is 18.5 Å². The van der Waals surface area contributed by atoms with Gasteiger partial charge in [-0.15, -0.1) is 5.10 Å². The van der Waals surface area contributed by atoms with E-state index in [-0.39, 0.29) is 12.5 Å². The van der Waals surface area contributed by atoms with Crippen molar-refractivity contribution in [1.82, 2.24) is 14.8 Å². The molecule has 7 heteroatoms. The lowest BCUT2D eigenvalue weighted by atomic mass is 10.1. The Labute approximate surface area is 205 Å². The number of hydrogen-bond donors (Lipinski definition) is 1. The molecule has 1 aromatic heterocycles. The zero-order chi connectivity index (χ0) is 24.6. The van der Waals surface area contributed by atoms with Gasteiger partial charge in [0.1, 0.15) is 6.61 Å². The molecule has 0 saturated heterocycles. The normalized spacial score (nSPS) is 11.0. The molecule has 0 fully saturated rings. The predicted molar refractivity (Wildman–Crippen MR) is 137 cm³/mol. The number of anilines is 1. The van der Waals surface area contributed by atoms with E-state index in [1.807, 2.05) is 85.8 Å². The smallest absolute Gasteiger partial charge is 0.336 e. The van der Waals surface area contributed by atoms with Gasteiger partial charge in [0.15, 0.2) is 5.82 Å². The predicted octanol–water partition coefficient (Wildman–Crippen LogP) is 5.43. The first-order valence-electron chi connectivity index (χ1n) is 11.7. The molecule has 0 spiro atoms. The van der Waals surface area contributed by atoms with Crippen molar-refractivity contribution in [2.24, 2.45) is 5.92 Å². The van der Waals surface area contributed by atoms with Gasteiger partial charge in [-0.2, -0.15) is 4.98 Å². The van der Waals surface area contributed by atoms with Crippen molar-refractivity contribution < 1.29 is 14.3 Å². The van der Waals surface area contributed by atoms with Gasteiger partial charge in [0.05, 0.1) is 18.9 Å². The fraction of sp³-hybridized carbons (Fsp3) is 0.250. The molecule has 0 radical (unpaired) electrons. The molecule has 7 nitrogen and oxygen atoms in total. The van der Waals surface area contributed by atoms with Crippen LogP contribution in [-0.4, -0.2) is 33.9 Å². The van der Waals surface area contributed by atoms with Gasteiger partial charge in [-0.1, -0.05) is 68.4 Å². The minimum absolute atomic E-state index is 0.0201. The second-order valence-electron chi connectivity index (χ2n) is 8.72. The van der Waals surface area contributed by atoms with E-state index in [1.54, 1.807) is 4.68 Å². The summed E-state index contributed by atoms with van der Waals surface area (Å²) in [7, 11) is 0. The number of aromatic nitrogens is 3. The van der Waals surface area contributed by atoms with Gasteiger partial charge < -0.3 is 14.8 Å². The number of benzene rings is 3. The number of hydrogen-bond acceptors (Lipinski definition) is 5. The highest BCUT2D eigenvalue weighted by atomic mass is 16.5. The topological polar surface area (TPSA) is 78.3 Å². The summed E-state index contributed by atoms with van der Waals surface area (Å²) in [5.41, 5.74) is 4.59. The van der Waals surface area contributed by atoms with Crippen LogP contribution >= 0.6 is 0 Å². The second kappa shape index (κ2) is 11.4. The number of ether oxygens (including phenoxy) is 2. The molecular weight excluding hydrogens is 440 g/mol. The Morgan fingerprint density at radius 2 is 1.69 bits per heavy atom. The van der Waals surface area contributed by atoms with Crippen LogP contribution in [0.25, 0.3) is 17.1 Å². The van der Waals surface area contributed by atoms with Gasteiger partial charge in [0.2, 0.25) is 5.91 Å². The molecule has 0 aliphatic carbocycles. The van der Waals surface area contributed by atoms with Crippen molar-refractivity contribution in [3.05, 3.63) is 90.0 Å². The summed E-state index contributed by atoms with van der Waals surface area (Å²) < 4.78 is 13.1. The quantitative estimate of drug-likeness (QED) is 0.334. The lowest BCUT2D eigenvalue weighted by molar-refractivity contribution is -0.121. The Kier molecular flexibility index (Phi) is 7.90. The molecule has 3 aromatic carbocycles. The minimum atomic E-state index is -0.209. The van der Waals surface area contributed by atoms with Gasteiger partial charge in [0, 0.05) is 11.3 Å². The molecule has 1 N–H and O–H groups in total. The number of carbonyl (C=O) groups excluding carboxylic acids is 1. The van der Waals surface area contributed by atoms with Crippen molar-refractivity contribution in [3.63, 3.8) is 0 Å². The fourth-order valence-corrected chi connectivity index (χ4v) is 3.49. The molecule has 0 aliphatic rings. The fourth-order valence-electron chi connectivity index (χ4n) is 3.49. The largest absolute Gasteiger partial charge is 0.462 e. The van der Waals surface area contributed by atoms with Gasteiger partial charge >= 0.3 is 6.01 Å². The third kappa shape index (κ3) is 6.55. The van der Waals surface area contributed by atoms with Crippen LogP contribution in [0.4, 0.5) is 5.69 Å². The van der Waals surface area contributed by atoms with E-state index in [1.165, 1.54) is 0 Å². The van der Waals surface area contributed by atoms with E-state index in [0.717, 1.165) is 22.4 Å². The first kappa shape index (κ1) is 24.2. The van der Waals surface area contributed by atoms with Crippen molar-refractivity contribution in [3.8, 4) is 23.1 Å². The van der Waals surface area contributed by atoms with Crippen LogP contribution in [0.3, 0.4) is 0 Å². The summed E-state index contributed by atoms with van der Waals surface area (Å²) in [4.78, 5) is 16.9. The summed E-state index contributed by atoms with van der Waals surface area (Å²) in [5, 5.41) is 7.47. The van der Waals surface area contributed by atoms with Crippen LogP contribution in [0, 0.1) is 12.8 Å². The number of carbonyl (C=O) groups is 1. The zero-order valence-electron chi connectivity index (χ0n) is 20.3. The summed E-state index contributed by atoms with van der Waals surface area (Å²) in [5.74, 6) is 0.857. The van der Waals surface area contributed by atoms with Crippen molar-refractivity contribution in [2.45, 2.75) is 27.4 Å². The maximum atomic E-state index is 12.3. The molecule has 4 aromatic rings. The Morgan fingerprint density at radius 1 is 0.971 bits per heavy atom. The van der Waals surface area contributed by atoms with Crippen LogP contribution in [0.15, 0.2) is 78.9 Å². The third-order valence-corrected chi connectivity index (χ3v) is 5.26. The maximum Gasteiger partial charge on any atom is 0.336 e. The van der Waals surface area contributed by atoms with Gasteiger partial charge in [0.25, 0.3) is 0 Å². The average molecular weight is 471 g/mol. The molecule has 4 rings (SSSR count). The number of rotatable bonds is 10. The van der Waals surface area contributed by atoms with Crippen molar-refractivity contribution in [1.29, 1.82) is 0 Å². The summed E-state index contributed by atoms with van der Waals surface area (Å²) in [6, 6.07) is 25.6. The van der Waals surface area contributed by atoms with Crippen LogP contribution < -0.4 is 10.1 Å². The highest BCUT2D eigenvalue weighted by molar-refractivity contribution is 5.91. The molecule has 0 saturated carbocycles. The monoisotopic (exact) mass is 470 g/mol. The molecule has 0 atom stereocenters. The lowest BCUT2D eigenvalue weighted by Gasteiger charge is -2.10. The SMILES string of the molecule is Cc1ccccc1-c1nc(OCC(C)C)nn1-c1ccc(NC(=O)COCc2ccccc2)cc1. The summed E-state index contributed by atoms with van der Waals surface area (Å²) >= 11 is 0. The zero-order valence-corrected chi connectivity index (χ0v) is 20.3. The molecular formula is C28H30N4O3. The molecule has 0 aliphatic heterocycles. The van der Waals surface area contributed by atoms with E-state index >= 15 is 0 Å². The average Bonchev–Trinajstić information content (AvgIpc) is 3.28. The van der Waals surface area contributed by atoms with Gasteiger partial charge in [-0.05, 0) is 48.2 Å². The summed E-state index contributed by atoms with van der Waals surface area (Å²) in [6.45, 7) is 7.12. The van der Waals surface area contributed by atoms with E-state index in [4.69, 9.17) is 9.47 Å². The van der Waals surface area contributed by atoms with E-state index < -0.39 is 0 Å². The van der Waals surface area contributed by atoms with Crippen LogP contribution in [0.5, 0.6) is 6.01 Å². The Morgan fingerprint density at radius 3 is 2.40 bits per heavy atom. The number of aryl methyl sites for hydroxylation is 1. The van der Waals surface area contributed by atoms with Crippen LogP contribution in [-0.2, 0) is 16.1 Å². The molecule has 1 amide bonds. The van der Waals surface area contributed by atoms with Crippen LogP contribution in [0.1, 0.15) is 25.0 Å². The first-order valence-corrected chi connectivity index (χ1v) is 11.7. The molecule has 0 unspecified atom stereocenters. The van der Waals surface area contributed by atoms with Crippen LogP contribution in [0.2, 0.25) is 0 Å². The van der Waals surface area contributed by atoms with Crippen molar-refractivity contribution >= 4 is 11.6 Å². The number of nitrogens with one attached hydrogen (secondary N) is 1.